The molecule has 5 heteroatoms. The van der Waals surface area contributed by atoms with Crippen LogP contribution in [0.5, 0.6) is 0 Å². The molecule has 2 aliphatic rings. The number of aliphatic hydroxyl groups excluding tert-OH is 1. The van der Waals surface area contributed by atoms with Crippen LogP contribution in [0.1, 0.15) is 44.9 Å². The van der Waals surface area contributed by atoms with Crippen molar-refractivity contribution in [1.29, 1.82) is 0 Å². The molecule has 1 N–H and O–H groups in total. The fraction of sp³-hybridized carbons (Fsp3) is 1.00. The van der Waals surface area contributed by atoms with Crippen LogP contribution in [0.15, 0.2) is 0 Å². The third kappa shape index (κ3) is 4.63. The highest BCUT2D eigenvalue weighted by molar-refractivity contribution is 4.79. The largest absolute Gasteiger partial charge is 0.392 e. The first-order chi connectivity index (χ1) is 8.95. The van der Waals surface area contributed by atoms with E-state index in [1.165, 1.54) is 25.7 Å². The Hall–Kier alpha value is -0.290. The molecule has 1 atom stereocenters. The van der Waals surface area contributed by atoms with Crippen molar-refractivity contribution in [2.45, 2.75) is 57.2 Å². The van der Waals surface area contributed by atoms with Crippen molar-refractivity contribution in [2.75, 3.05) is 19.6 Å². The number of halogens is 3. The van der Waals surface area contributed by atoms with Crippen LogP contribution in [0.4, 0.5) is 13.2 Å². The molecule has 2 rings (SSSR count). The van der Waals surface area contributed by atoms with E-state index in [0.717, 1.165) is 6.42 Å². The molecule has 1 saturated heterocycles. The van der Waals surface area contributed by atoms with Crippen LogP contribution in [0.3, 0.4) is 0 Å². The minimum absolute atomic E-state index is 0.180. The van der Waals surface area contributed by atoms with Crippen LogP contribution in [0.2, 0.25) is 0 Å². The molecule has 0 aromatic heterocycles. The second-order valence-electron chi connectivity index (χ2n) is 6.16. The van der Waals surface area contributed by atoms with E-state index in [1.54, 1.807) is 0 Å². The highest BCUT2D eigenvalue weighted by atomic mass is 19.4. The molecule has 112 valence electrons. The van der Waals surface area contributed by atoms with Gasteiger partial charge in [-0.25, -0.2) is 0 Å². The maximum Gasteiger partial charge on any atom is 0.391 e. The van der Waals surface area contributed by atoms with Gasteiger partial charge < -0.3 is 10.0 Å². The van der Waals surface area contributed by atoms with Gasteiger partial charge in [-0.05, 0) is 38.3 Å². The molecular formula is C14H24F3NO. The normalized spacial score (nSPS) is 25.9. The van der Waals surface area contributed by atoms with E-state index in [1.807, 2.05) is 4.90 Å². The van der Waals surface area contributed by atoms with Gasteiger partial charge in [-0.15, -0.1) is 0 Å². The number of rotatable bonds is 4. The van der Waals surface area contributed by atoms with Crippen LogP contribution >= 0.6 is 0 Å². The zero-order valence-corrected chi connectivity index (χ0v) is 11.3. The van der Waals surface area contributed by atoms with Crippen molar-refractivity contribution in [3.63, 3.8) is 0 Å². The van der Waals surface area contributed by atoms with E-state index in [4.69, 9.17) is 0 Å². The highest BCUT2D eigenvalue weighted by Gasteiger charge is 2.41. The van der Waals surface area contributed by atoms with Crippen molar-refractivity contribution in [2.24, 2.45) is 11.8 Å². The highest BCUT2D eigenvalue weighted by Crippen LogP contribution is 2.34. The maximum absolute atomic E-state index is 12.5. The summed E-state index contributed by atoms with van der Waals surface area (Å²) in [6.45, 7) is 1.47. The Labute approximate surface area is 113 Å². The molecular weight excluding hydrogens is 255 g/mol. The Bertz CT molecular complexity index is 268. The molecule has 0 aromatic carbocycles. The van der Waals surface area contributed by atoms with Crippen molar-refractivity contribution >= 4 is 0 Å². The van der Waals surface area contributed by atoms with E-state index in [-0.39, 0.29) is 18.9 Å². The van der Waals surface area contributed by atoms with E-state index >= 15 is 0 Å². The molecule has 0 amide bonds. The van der Waals surface area contributed by atoms with E-state index < -0.39 is 12.1 Å². The van der Waals surface area contributed by atoms with Gasteiger partial charge in [0.1, 0.15) is 0 Å². The van der Waals surface area contributed by atoms with Crippen molar-refractivity contribution in [1.82, 2.24) is 4.90 Å². The summed E-state index contributed by atoms with van der Waals surface area (Å²) in [4.78, 5) is 1.99. The Morgan fingerprint density at radius 3 is 2.16 bits per heavy atom. The summed E-state index contributed by atoms with van der Waals surface area (Å²) in [7, 11) is 0. The Morgan fingerprint density at radius 1 is 1.05 bits per heavy atom. The molecule has 2 fully saturated rings. The summed E-state index contributed by atoms with van der Waals surface area (Å²) >= 11 is 0. The van der Waals surface area contributed by atoms with E-state index in [0.29, 0.717) is 25.6 Å². The number of hydrogen-bond acceptors (Lipinski definition) is 2. The molecule has 0 aromatic rings. The van der Waals surface area contributed by atoms with Crippen LogP contribution in [-0.2, 0) is 0 Å². The van der Waals surface area contributed by atoms with Gasteiger partial charge in [0, 0.05) is 6.54 Å². The zero-order valence-electron chi connectivity index (χ0n) is 11.3. The minimum Gasteiger partial charge on any atom is -0.392 e. The number of piperidine rings is 1. The Balaban J connectivity index is 1.67. The molecule has 1 saturated carbocycles. The molecule has 19 heavy (non-hydrogen) atoms. The van der Waals surface area contributed by atoms with Crippen molar-refractivity contribution in [3.8, 4) is 0 Å². The average molecular weight is 279 g/mol. The third-order valence-electron chi connectivity index (χ3n) is 4.60. The van der Waals surface area contributed by atoms with Gasteiger partial charge in [-0.2, -0.15) is 13.2 Å². The second-order valence-corrected chi connectivity index (χ2v) is 6.16. The van der Waals surface area contributed by atoms with Gasteiger partial charge in [0.25, 0.3) is 0 Å². The van der Waals surface area contributed by atoms with Crippen LogP contribution in [0.25, 0.3) is 0 Å². The van der Waals surface area contributed by atoms with E-state index in [2.05, 4.69) is 0 Å². The topological polar surface area (TPSA) is 23.5 Å². The molecule has 1 aliphatic carbocycles. The lowest BCUT2D eigenvalue weighted by atomic mass is 9.95. The molecule has 1 aliphatic heterocycles. The standard InChI is InChI=1S/C14H24F3NO/c15-14(16,17)12-5-7-18(8-6-12)10-13(19)9-11-3-1-2-4-11/h11-13,19H,1-10H2. The summed E-state index contributed by atoms with van der Waals surface area (Å²) in [5, 5.41) is 10.0. The molecule has 1 unspecified atom stereocenters. The number of alkyl halides is 3. The molecule has 2 nitrogen and oxygen atoms in total. The van der Waals surface area contributed by atoms with E-state index in [9.17, 15) is 18.3 Å². The summed E-state index contributed by atoms with van der Waals surface area (Å²) < 4.78 is 37.6. The average Bonchev–Trinajstić information content (AvgIpc) is 2.81. The summed E-state index contributed by atoms with van der Waals surface area (Å²) in [6, 6.07) is 0. The molecule has 0 radical (unpaired) electrons. The van der Waals surface area contributed by atoms with Gasteiger partial charge in [0.05, 0.1) is 12.0 Å². The summed E-state index contributed by atoms with van der Waals surface area (Å²) in [5.74, 6) is -0.515. The van der Waals surface area contributed by atoms with Crippen molar-refractivity contribution in [3.05, 3.63) is 0 Å². The van der Waals surface area contributed by atoms with Gasteiger partial charge in [0.2, 0.25) is 0 Å². The first-order valence-electron chi connectivity index (χ1n) is 7.42. The van der Waals surface area contributed by atoms with Crippen molar-refractivity contribution < 1.29 is 18.3 Å². The number of nitrogens with zero attached hydrogens (tertiary/aromatic N) is 1. The number of hydrogen-bond donors (Lipinski definition) is 1. The molecule has 0 spiro atoms. The third-order valence-corrected chi connectivity index (χ3v) is 4.60. The first-order valence-corrected chi connectivity index (χ1v) is 7.42. The second kappa shape index (κ2) is 6.44. The predicted octanol–water partition coefficient (Wildman–Crippen LogP) is 3.20. The van der Waals surface area contributed by atoms with Gasteiger partial charge >= 0.3 is 6.18 Å². The maximum atomic E-state index is 12.5. The monoisotopic (exact) mass is 279 g/mol. The fourth-order valence-electron chi connectivity index (χ4n) is 3.45. The zero-order chi connectivity index (χ0) is 13.9. The van der Waals surface area contributed by atoms with Crippen LogP contribution in [-0.4, -0.2) is 41.9 Å². The fourth-order valence-corrected chi connectivity index (χ4v) is 3.45. The summed E-state index contributed by atoms with van der Waals surface area (Å²) in [5.41, 5.74) is 0. The van der Waals surface area contributed by atoms with Gasteiger partial charge in [0.15, 0.2) is 0 Å². The first kappa shape index (κ1) is 15.1. The smallest absolute Gasteiger partial charge is 0.391 e. The number of β-amino-alcohol motifs (C(OH)–C–C–N with tert-alkyl or cyclic N) is 1. The van der Waals surface area contributed by atoms with Crippen LogP contribution < -0.4 is 0 Å². The Kier molecular flexibility index (Phi) is 5.12. The van der Waals surface area contributed by atoms with Gasteiger partial charge in [-0.3, -0.25) is 0 Å². The quantitative estimate of drug-likeness (QED) is 0.854. The number of likely N-dealkylation sites (tertiary alicyclic amines) is 1. The lowest BCUT2D eigenvalue weighted by molar-refractivity contribution is -0.185. The molecule has 1 heterocycles. The summed E-state index contributed by atoms with van der Waals surface area (Å²) in [6.07, 6.45) is 1.68. The lowest BCUT2D eigenvalue weighted by Crippen LogP contribution is -2.42. The predicted molar refractivity (Wildman–Crippen MR) is 67.8 cm³/mol. The SMILES string of the molecule is OC(CC1CCCC1)CN1CCC(C(F)(F)F)CC1. The lowest BCUT2D eigenvalue weighted by Gasteiger charge is -2.34. The minimum atomic E-state index is -4.05. The molecule has 0 bridgehead atoms. The number of aliphatic hydroxyl groups is 1. The van der Waals surface area contributed by atoms with Crippen LogP contribution in [0, 0.1) is 11.8 Å². The Morgan fingerprint density at radius 2 is 1.63 bits per heavy atom. The van der Waals surface area contributed by atoms with Gasteiger partial charge in [-0.1, -0.05) is 25.7 Å².